The Bertz CT molecular complexity index is 989. The molecule has 1 N–H and O–H groups in total. The number of aryl methyl sites for hydroxylation is 2. The molecular weight excluding hydrogens is 352 g/mol. The number of morpholine rings is 1. The summed E-state index contributed by atoms with van der Waals surface area (Å²) in [5.41, 5.74) is 4.47. The Kier molecular flexibility index (Phi) is 5.41. The van der Waals surface area contributed by atoms with E-state index < -0.39 is 0 Å². The Morgan fingerprint density at radius 3 is 2.79 bits per heavy atom. The number of amides is 1. The molecule has 4 rings (SSSR count). The molecule has 0 atom stereocenters. The number of anilines is 1. The summed E-state index contributed by atoms with van der Waals surface area (Å²) >= 11 is 0. The van der Waals surface area contributed by atoms with Crippen LogP contribution in [-0.2, 0) is 18.2 Å². The van der Waals surface area contributed by atoms with E-state index in [4.69, 9.17) is 9.72 Å². The minimum atomic E-state index is -0.105. The number of nitrogens with one attached hydrogen (secondary N) is 1. The zero-order valence-corrected chi connectivity index (χ0v) is 16.4. The van der Waals surface area contributed by atoms with Gasteiger partial charge in [0.1, 0.15) is 5.82 Å². The second kappa shape index (κ2) is 8.12. The molecule has 2 heterocycles. The van der Waals surface area contributed by atoms with Crippen molar-refractivity contribution in [3.63, 3.8) is 0 Å². The van der Waals surface area contributed by atoms with E-state index in [2.05, 4.69) is 21.8 Å². The average molecular weight is 378 g/mol. The predicted octanol–water partition coefficient (Wildman–Crippen LogP) is 3.01. The molecular formula is C22H26N4O2. The predicted molar refractivity (Wildman–Crippen MR) is 111 cm³/mol. The number of ether oxygens (including phenoxy) is 1. The number of nitrogens with zero attached hydrogens (tertiary/aromatic N) is 3. The maximum atomic E-state index is 12.5. The van der Waals surface area contributed by atoms with Crippen LogP contribution < -0.4 is 5.32 Å². The summed E-state index contributed by atoms with van der Waals surface area (Å²) in [5.74, 6) is 0.954. The third kappa shape index (κ3) is 4.08. The first-order valence-corrected chi connectivity index (χ1v) is 9.73. The van der Waals surface area contributed by atoms with Gasteiger partial charge in [0.25, 0.3) is 5.91 Å². The van der Waals surface area contributed by atoms with Crippen molar-refractivity contribution in [1.29, 1.82) is 0 Å². The van der Waals surface area contributed by atoms with Crippen LogP contribution in [0.2, 0.25) is 0 Å². The van der Waals surface area contributed by atoms with E-state index in [1.165, 1.54) is 0 Å². The van der Waals surface area contributed by atoms with Crippen LogP contribution in [0.1, 0.15) is 21.7 Å². The van der Waals surface area contributed by atoms with Crippen LogP contribution >= 0.6 is 0 Å². The van der Waals surface area contributed by atoms with Crippen LogP contribution in [0.3, 0.4) is 0 Å². The molecule has 6 heteroatoms. The van der Waals surface area contributed by atoms with Crippen LogP contribution in [0.5, 0.6) is 0 Å². The number of fused-ring (bicyclic) bond motifs is 1. The summed E-state index contributed by atoms with van der Waals surface area (Å²) in [6.45, 7) is 6.56. The molecule has 1 amide bonds. The summed E-state index contributed by atoms with van der Waals surface area (Å²) in [6, 6.07) is 13.5. The molecule has 6 nitrogen and oxygen atoms in total. The van der Waals surface area contributed by atoms with Crippen LogP contribution in [0, 0.1) is 6.92 Å². The molecule has 28 heavy (non-hydrogen) atoms. The van der Waals surface area contributed by atoms with Crippen molar-refractivity contribution in [1.82, 2.24) is 14.5 Å². The van der Waals surface area contributed by atoms with Gasteiger partial charge in [-0.25, -0.2) is 4.98 Å². The maximum Gasteiger partial charge on any atom is 0.255 e. The summed E-state index contributed by atoms with van der Waals surface area (Å²) in [7, 11) is 2.05. The number of hydrogen-bond acceptors (Lipinski definition) is 4. The topological polar surface area (TPSA) is 59.4 Å². The van der Waals surface area contributed by atoms with E-state index >= 15 is 0 Å². The van der Waals surface area contributed by atoms with Crippen molar-refractivity contribution in [3.8, 4) is 0 Å². The number of carbonyl (C=O) groups is 1. The van der Waals surface area contributed by atoms with E-state index in [9.17, 15) is 4.79 Å². The van der Waals surface area contributed by atoms with E-state index in [-0.39, 0.29) is 5.91 Å². The van der Waals surface area contributed by atoms with Gasteiger partial charge in [0.05, 0.1) is 24.2 Å². The standard InChI is InChI=1S/C22H26N4O2/c1-16-4-3-5-17(14-16)22(27)23-18-6-7-20-19(15-18)24-21(25(20)2)8-9-26-10-12-28-13-11-26/h3-7,14-15H,8-13H2,1-2H3,(H,23,27). The highest BCUT2D eigenvalue weighted by Crippen LogP contribution is 2.21. The van der Waals surface area contributed by atoms with Crippen LogP contribution in [0.25, 0.3) is 11.0 Å². The molecule has 2 aromatic carbocycles. The van der Waals surface area contributed by atoms with Gasteiger partial charge in [-0.2, -0.15) is 0 Å². The third-order valence-corrected chi connectivity index (χ3v) is 5.27. The van der Waals surface area contributed by atoms with Crippen LogP contribution in [-0.4, -0.2) is 53.2 Å². The molecule has 0 radical (unpaired) electrons. The third-order valence-electron chi connectivity index (χ3n) is 5.27. The van der Waals surface area contributed by atoms with E-state index in [1.807, 2.05) is 49.4 Å². The van der Waals surface area contributed by atoms with Gasteiger partial charge < -0.3 is 14.6 Å². The van der Waals surface area contributed by atoms with Gasteiger partial charge >= 0.3 is 0 Å². The molecule has 1 fully saturated rings. The first-order valence-electron chi connectivity index (χ1n) is 9.73. The van der Waals surface area contributed by atoms with Crippen molar-refractivity contribution >= 4 is 22.6 Å². The highest BCUT2D eigenvalue weighted by Gasteiger charge is 2.14. The Morgan fingerprint density at radius 1 is 1.18 bits per heavy atom. The lowest BCUT2D eigenvalue weighted by Crippen LogP contribution is -2.37. The molecule has 0 spiro atoms. The van der Waals surface area contributed by atoms with Gasteiger partial charge in [0.2, 0.25) is 0 Å². The van der Waals surface area contributed by atoms with E-state index in [1.54, 1.807) is 0 Å². The summed E-state index contributed by atoms with van der Waals surface area (Å²) in [6.07, 6.45) is 0.899. The summed E-state index contributed by atoms with van der Waals surface area (Å²) < 4.78 is 7.55. The number of imidazole rings is 1. The van der Waals surface area contributed by atoms with Gasteiger partial charge in [-0.1, -0.05) is 17.7 Å². The van der Waals surface area contributed by atoms with Gasteiger partial charge in [0.15, 0.2) is 0 Å². The lowest BCUT2D eigenvalue weighted by atomic mass is 10.1. The smallest absolute Gasteiger partial charge is 0.255 e. The Morgan fingerprint density at radius 2 is 2.00 bits per heavy atom. The molecule has 1 aliphatic rings. The Labute approximate surface area is 165 Å². The fourth-order valence-corrected chi connectivity index (χ4v) is 3.62. The number of hydrogen-bond donors (Lipinski definition) is 1. The second-order valence-corrected chi connectivity index (χ2v) is 7.32. The minimum Gasteiger partial charge on any atom is -0.379 e. The molecule has 146 valence electrons. The van der Waals surface area contributed by atoms with Crippen molar-refractivity contribution in [2.75, 3.05) is 38.2 Å². The van der Waals surface area contributed by atoms with Crippen LogP contribution in [0.4, 0.5) is 5.69 Å². The molecule has 3 aromatic rings. The van der Waals surface area contributed by atoms with Crippen LogP contribution in [0.15, 0.2) is 42.5 Å². The summed E-state index contributed by atoms with van der Waals surface area (Å²) in [5, 5.41) is 2.98. The zero-order valence-electron chi connectivity index (χ0n) is 16.4. The lowest BCUT2D eigenvalue weighted by Gasteiger charge is -2.26. The average Bonchev–Trinajstić information content (AvgIpc) is 3.02. The molecule has 1 aliphatic heterocycles. The number of benzene rings is 2. The number of rotatable bonds is 5. The highest BCUT2D eigenvalue weighted by atomic mass is 16.5. The van der Waals surface area contributed by atoms with Gasteiger partial charge in [-0.3, -0.25) is 9.69 Å². The van der Waals surface area contributed by atoms with Crippen molar-refractivity contribution in [2.45, 2.75) is 13.3 Å². The van der Waals surface area contributed by atoms with Crippen molar-refractivity contribution < 1.29 is 9.53 Å². The largest absolute Gasteiger partial charge is 0.379 e. The molecule has 0 bridgehead atoms. The molecule has 0 unspecified atom stereocenters. The lowest BCUT2D eigenvalue weighted by molar-refractivity contribution is 0.0382. The van der Waals surface area contributed by atoms with Gasteiger partial charge in [-0.05, 0) is 37.3 Å². The van der Waals surface area contributed by atoms with Crippen molar-refractivity contribution in [3.05, 3.63) is 59.4 Å². The number of aromatic nitrogens is 2. The monoisotopic (exact) mass is 378 g/mol. The van der Waals surface area contributed by atoms with E-state index in [0.717, 1.165) is 67.4 Å². The molecule has 1 saturated heterocycles. The molecule has 0 saturated carbocycles. The van der Waals surface area contributed by atoms with E-state index in [0.29, 0.717) is 5.56 Å². The molecule has 0 aliphatic carbocycles. The second-order valence-electron chi connectivity index (χ2n) is 7.32. The Hall–Kier alpha value is -2.70. The molecule has 1 aromatic heterocycles. The maximum absolute atomic E-state index is 12.5. The fraction of sp³-hybridized carbons (Fsp3) is 0.364. The van der Waals surface area contributed by atoms with Gasteiger partial charge in [-0.15, -0.1) is 0 Å². The quantitative estimate of drug-likeness (QED) is 0.741. The highest BCUT2D eigenvalue weighted by molar-refractivity contribution is 6.05. The summed E-state index contributed by atoms with van der Waals surface area (Å²) in [4.78, 5) is 19.7. The zero-order chi connectivity index (χ0) is 19.5. The minimum absolute atomic E-state index is 0.105. The Balaban J connectivity index is 1.48. The normalized spacial score (nSPS) is 15.1. The first-order chi connectivity index (χ1) is 13.6. The SMILES string of the molecule is Cc1cccc(C(=O)Nc2ccc3c(c2)nc(CCN2CCOCC2)n3C)c1. The fourth-order valence-electron chi connectivity index (χ4n) is 3.62. The number of carbonyl (C=O) groups excluding carboxylic acids is 1. The van der Waals surface area contributed by atoms with Gasteiger partial charge in [0, 0.05) is 44.4 Å². The first kappa shape index (κ1) is 18.7. The van der Waals surface area contributed by atoms with Crippen molar-refractivity contribution in [2.24, 2.45) is 7.05 Å².